The maximum atomic E-state index is 11.8. The molecule has 2 aliphatic rings. The number of fused-ring (bicyclic) bond motifs is 1. The molecule has 2 rings (SSSR count). The van der Waals surface area contributed by atoms with E-state index in [4.69, 9.17) is 4.74 Å². The molecule has 0 radical (unpaired) electrons. The van der Waals surface area contributed by atoms with E-state index in [1.807, 2.05) is 20.8 Å². The molecule has 0 aliphatic heterocycles. The zero-order chi connectivity index (χ0) is 19.6. The highest BCUT2D eigenvalue weighted by molar-refractivity contribution is 5.66. The maximum Gasteiger partial charge on any atom is 0.302 e. The molecule has 0 saturated heterocycles. The molecule has 2 N–H and O–H groups in total. The van der Waals surface area contributed by atoms with Crippen molar-refractivity contribution >= 4 is 5.97 Å². The summed E-state index contributed by atoms with van der Waals surface area (Å²) in [6.07, 6.45) is 5.43. The van der Waals surface area contributed by atoms with E-state index in [1.165, 1.54) is 12.5 Å². The smallest absolute Gasteiger partial charge is 0.302 e. The third kappa shape index (κ3) is 4.47. The summed E-state index contributed by atoms with van der Waals surface area (Å²) < 4.78 is 5.74. The van der Waals surface area contributed by atoms with E-state index in [9.17, 15) is 15.0 Å². The third-order valence-corrected chi connectivity index (χ3v) is 5.99. The molecule has 1 saturated carbocycles. The van der Waals surface area contributed by atoms with Gasteiger partial charge in [0.1, 0.15) is 6.10 Å². The van der Waals surface area contributed by atoms with Gasteiger partial charge in [-0.1, -0.05) is 35.5 Å². The SMILES string of the molecule is C=C1C[C@@H](O)[C@@H]([C@@](C)(O)CCC=C(C)C)[C@@H](OC(C)=O)[C@@H]2C(C)=CC[C@@H]12. The summed E-state index contributed by atoms with van der Waals surface area (Å²) in [7, 11) is 0. The van der Waals surface area contributed by atoms with Crippen LogP contribution in [0.4, 0.5) is 0 Å². The summed E-state index contributed by atoms with van der Waals surface area (Å²) in [5, 5.41) is 22.2. The van der Waals surface area contributed by atoms with Crippen molar-refractivity contribution in [3.63, 3.8) is 0 Å². The lowest BCUT2D eigenvalue weighted by atomic mass is 9.72. The van der Waals surface area contributed by atoms with Crippen LogP contribution in [0.5, 0.6) is 0 Å². The van der Waals surface area contributed by atoms with E-state index in [0.717, 1.165) is 24.0 Å². The molecule has 0 spiro atoms. The van der Waals surface area contributed by atoms with Crippen molar-refractivity contribution in [1.29, 1.82) is 0 Å². The molecule has 0 heterocycles. The van der Waals surface area contributed by atoms with Gasteiger partial charge in [-0.05, 0) is 59.3 Å². The number of hydrogen-bond acceptors (Lipinski definition) is 4. The molecule has 2 aliphatic carbocycles. The first-order valence-electron chi connectivity index (χ1n) is 9.60. The van der Waals surface area contributed by atoms with Crippen molar-refractivity contribution in [2.75, 3.05) is 0 Å². The molecule has 4 heteroatoms. The van der Waals surface area contributed by atoms with Crippen molar-refractivity contribution in [3.8, 4) is 0 Å². The van der Waals surface area contributed by atoms with Crippen LogP contribution in [-0.2, 0) is 9.53 Å². The summed E-state index contributed by atoms with van der Waals surface area (Å²) in [6, 6.07) is 0. The molecular formula is C22H34O4. The summed E-state index contributed by atoms with van der Waals surface area (Å²) >= 11 is 0. The van der Waals surface area contributed by atoms with Crippen LogP contribution in [0.25, 0.3) is 0 Å². The first kappa shape index (κ1) is 20.9. The van der Waals surface area contributed by atoms with Gasteiger partial charge in [-0.2, -0.15) is 0 Å². The molecular weight excluding hydrogens is 328 g/mol. The molecule has 0 unspecified atom stereocenters. The maximum absolute atomic E-state index is 11.8. The van der Waals surface area contributed by atoms with Crippen LogP contribution >= 0.6 is 0 Å². The van der Waals surface area contributed by atoms with Crippen LogP contribution in [0.15, 0.2) is 35.5 Å². The number of carbonyl (C=O) groups excluding carboxylic acids is 1. The van der Waals surface area contributed by atoms with Crippen molar-refractivity contribution in [2.45, 2.75) is 78.1 Å². The molecule has 146 valence electrons. The highest BCUT2D eigenvalue weighted by Crippen LogP contribution is 2.49. The van der Waals surface area contributed by atoms with Crippen molar-refractivity contribution < 1.29 is 19.7 Å². The highest BCUT2D eigenvalue weighted by Gasteiger charge is 2.52. The zero-order valence-corrected chi connectivity index (χ0v) is 16.8. The molecule has 26 heavy (non-hydrogen) atoms. The minimum absolute atomic E-state index is 0.0246. The molecule has 0 amide bonds. The first-order valence-corrected chi connectivity index (χ1v) is 9.60. The van der Waals surface area contributed by atoms with Crippen LogP contribution < -0.4 is 0 Å². The van der Waals surface area contributed by atoms with E-state index in [0.29, 0.717) is 12.8 Å². The van der Waals surface area contributed by atoms with Gasteiger partial charge in [0.05, 0.1) is 17.6 Å². The standard InChI is InChI=1S/C22H34O4/c1-13(2)8-7-11-22(6,25)20-18(24)12-15(4)17-10-9-14(3)19(17)21(20)26-16(5)23/h8-9,17-21,24-25H,4,7,10-12H2,1-3,5-6H3/t17-,18+,19+,20+,21-,22-/m0/s1. The van der Waals surface area contributed by atoms with Crippen molar-refractivity contribution in [3.05, 3.63) is 35.5 Å². The fraction of sp³-hybridized carbons (Fsp3) is 0.682. The number of hydrogen-bond donors (Lipinski definition) is 2. The van der Waals surface area contributed by atoms with Gasteiger partial charge in [0.2, 0.25) is 0 Å². The van der Waals surface area contributed by atoms with E-state index < -0.39 is 23.7 Å². The van der Waals surface area contributed by atoms with Crippen LogP contribution in [0.2, 0.25) is 0 Å². The zero-order valence-electron chi connectivity index (χ0n) is 16.8. The van der Waals surface area contributed by atoms with Crippen LogP contribution in [0.3, 0.4) is 0 Å². The molecule has 6 atom stereocenters. The minimum Gasteiger partial charge on any atom is -0.461 e. The van der Waals surface area contributed by atoms with Crippen LogP contribution in [0, 0.1) is 17.8 Å². The Labute approximate surface area is 157 Å². The molecule has 0 aromatic heterocycles. The van der Waals surface area contributed by atoms with Gasteiger partial charge in [-0.3, -0.25) is 4.79 Å². The van der Waals surface area contributed by atoms with Crippen molar-refractivity contribution in [2.24, 2.45) is 17.8 Å². The lowest BCUT2D eigenvalue weighted by Gasteiger charge is -2.42. The predicted octanol–water partition coefficient (Wildman–Crippen LogP) is 3.93. The highest BCUT2D eigenvalue weighted by atomic mass is 16.5. The van der Waals surface area contributed by atoms with Gasteiger partial charge >= 0.3 is 5.97 Å². The monoisotopic (exact) mass is 362 g/mol. The Morgan fingerprint density at radius 1 is 1.42 bits per heavy atom. The molecule has 1 fully saturated rings. The van der Waals surface area contributed by atoms with E-state index in [-0.39, 0.29) is 17.8 Å². The largest absolute Gasteiger partial charge is 0.461 e. The lowest BCUT2D eigenvalue weighted by Crippen LogP contribution is -2.51. The normalized spacial score (nSPS) is 33.6. The summed E-state index contributed by atoms with van der Waals surface area (Å²) in [4.78, 5) is 11.8. The molecule has 0 bridgehead atoms. The molecule has 0 aromatic carbocycles. The summed E-state index contributed by atoms with van der Waals surface area (Å²) in [5.41, 5.74) is 2.18. The first-order chi connectivity index (χ1) is 12.0. The Morgan fingerprint density at radius 2 is 2.08 bits per heavy atom. The number of carbonyl (C=O) groups is 1. The number of allylic oxidation sites excluding steroid dienone is 3. The van der Waals surface area contributed by atoms with Gasteiger partial charge in [0, 0.05) is 12.8 Å². The third-order valence-electron chi connectivity index (χ3n) is 5.99. The number of esters is 1. The number of ether oxygens (including phenoxy) is 1. The van der Waals surface area contributed by atoms with Gasteiger partial charge < -0.3 is 14.9 Å². The predicted molar refractivity (Wildman–Crippen MR) is 103 cm³/mol. The molecule has 0 aromatic rings. The second-order valence-corrected chi connectivity index (χ2v) is 8.52. The summed E-state index contributed by atoms with van der Waals surface area (Å²) in [5.74, 6) is -0.792. The second kappa shape index (κ2) is 8.10. The van der Waals surface area contributed by atoms with Gasteiger partial charge in [-0.25, -0.2) is 0 Å². The average Bonchev–Trinajstić information content (AvgIpc) is 2.81. The Kier molecular flexibility index (Phi) is 6.51. The Morgan fingerprint density at radius 3 is 2.65 bits per heavy atom. The number of aliphatic hydroxyl groups excluding tert-OH is 1. The fourth-order valence-electron chi connectivity index (χ4n) is 4.74. The average molecular weight is 363 g/mol. The lowest BCUT2D eigenvalue weighted by molar-refractivity contribution is -0.169. The summed E-state index contributed by atoms with van der Waals surface area (Å²) in [6.45, 7) is 13.4. The van der Waals surface area contributed by atoms with E-state index in [2.05, 4.69) is 18.7 Å². The van der Waals surface area contributed by atoms with Crippen molar-refractivity contribution in [1.82, 2.24) is 0 Å². The number of aliphatic hydroxyl groups is 2. The minimum atomic E-state index is -1.15. The fourth-order valence-corrected chi connectivity index (χ4v) is 4.74. The van der Waals surface area contributed by atoms with Crippen LogP contribution in [-0.4, -0.2) is 34.0 Å². The Balaban J connectivity index is 2.40. The van der Waals surface area contributed by atoms with Gasteiger partial charge in [-0.15, -0.1) is 0 Å². The Hall–Kier alpha value is -1.39. The molecule has 4 nitrogen and oxygen atoms in total. The number of rotatable bonds is 5. The topological polar surface area (TPSA) is 66.8 Å². The van der Waals surface area contributed by atoms with E-state index in [1.54, 1.807) is 6.92 Å². The quantitative estimate of drug-likeness (QED) is 0.574. The van der Waals surface area contributed by atoms with Gasteiger partial charge in [0.15, 0.2) is 0 Å². The van der Waals surface area contributed by atoms with Crippen LogP contribution in [0.1, 0.15) is 60.3 Å². The van der Waals surface area contributed by atoms with Gasteiger partial charge in [0.25, 0.3) is 0 Å². The Bertz CT molecular complexity index is 610. The van der Waals surface area contributed by atoms with E-state index >= 15 is 0 Å². The second-order valence-electron chi connectivity index (χ2n) is 8.52.